The highest BCUT2D eigenvalue weighted by atomic mass is 35.5. The van der Waals surface area contributed by atoms with Crippen molar-refractivity contribution in [1.29, 1.82) is 0 Å². The molecule has 0 fully saturated rings. The van der Waals surface area contributed by atoms with E-state index in [1.165, 1.54) is 10.5 Å². The number of rotatable bonds is 3. The second kappa shape index (κ2) is 7.88. The van der Waals surface area contributed by atoms with Crippen molar-refractivity contribution in [2.24, 2.45) is 0 Å². The zero-order chi connectivity index (χ0) is 21.5. The van der Waals surface area contributed by atoms with Gasteiger partial charge in [-0.25, -0.2) is 4.90 Å². The molecular formula is C25H18Cl2N2O2. The first-order valence-electron chi connectivity index (χ1n) is 10.00. The summed E-state index contributed by atoms with van der Waals surface area (Å²) in [6.45, 7) is 1.22. The summed E-state index contributed by atoms with van der Waals surface area (Å²) in [6.07, 6.45) is 0.807. The first kappa shape index (κ1) is 19.9. The van der Waals surface area contributed by atoms with Crippen LogP contribution in [0.5, 0.6) is 0 Å². The number of fused-ring (bicyclic) bond motifs is 1. The number of halogens is 2. The number of para-hydroxylation sites is 1. The lowest BCUT2D eigenvalue weighted by atomic mass is 9.98. The number of carbonyl (C=O) groups excluding carboxylic acids is 2. The van der Waals surface area contributed by atoms with E-state index < -0.39 is 0 Å². The first-order chi connectivity index (χ1) is 15.0. The van der Waals surface area contributed by atoms with Crippen molar-refractivity contribution >= 4 is 46.3 Å². The van der Waals surface area contributed by atoms with E-state index in [1.54, 1.807) is 48.5 Å². The molecule has 0 atom stereocenters. The number of hydrogen-bond acceptors (Lipinski definition) is 3. The van der Waals surface area contributed by atoms with Crippen LogP contribution in [0.25, 0.3) is 5.57 Å². The summed E-state index contributed by atoms with van der Waals surface area (Å²) in [7, 11) is 0. The monoisotopic (exact) mass is 448 g/mol. The molecule has 0 bridgehead atoms. The fraction of sp³-hybridized carbons (Fsp3) is 0.120. The lowest BCUT2D eigenvalue weighted by Gasteiger charge is -2.31. The molecule has 3 aromatic rings. The van der Waals surface area contributed by atoms with Crippen LogP contribution in [-0.2, 0) is 22.6 Å². The van der Waals surface area contributed by atoms with Gasteiger partial charge in [-0.05, 0) is 47.4 Å². The maximum absolute atomic E-state index is 13.7. The summed E-state index contributed by atoms with van der Waals surface area (Å²) >= 11 is 12.4. The van der Waals surface area contributed by atoms with Gasteiger partial charge in [0.1, 0.15) is 5.70 Å². The lowest BCUT2D eigenvalue weighted by Crippen LogP contribution is -2.37. The molecule has 0 saturated carbocycles. The topological polar surface area (TPSA) is 40.6 Å². The van der Waals surface area contributed by atoms with Gasteiger partial charge >= 0.3 is 0 Å². The third-order valence-electron chi connectivity index (χ3n) is 5.73. The van der Waals surface area contributed by atoms with E-state index in [0.29, 0.717) is 45.7 Å². The van der Waals surface area contributed by atoms with Crippen LogP contribution in [-0.4, -0.2) is 23.3 Å². The Morgan fingerprint density at radius 1 is 0.742 bits per heavy atom. The number of hydrogen-bond donors (Lipinski definition) is 0. The van der Waals surface area contributed by atoms with Crippen molar-refractivity contribution < 1.29 is 9.59 Å². The predicted molar refractivity (Wildman–Crippen MR) is 123 cm³/mol. The van der Waals surface area contributed by atoms with Gasteiger partial charge in [0.05, 0.1) is 16.3 Å². The Morgan fingerprint density at radius 2 is 1.42 bits per heavy atom. The highest BCUT2D eigenvalue weighted by Crippen LogP contribution is 2.39. The van der Waals surface area contributed by atoms with Crippen LogP contribution in [0, 0.1) is 0 Å². The third-order valence-corrected chi connectivity index (χ3v) is 6.30. The summed E-state index contributed by atoms with van der Waals surface area (Å²) in [6, 6.07) is 22.1. The van der Waals surface area contributed by atoms with E-state index in [4.69, 9.17) is 23.2 Å². The van der Waals surface area contributed by atoms with Crippen molar-refractivity contribution in [3.63, 3.8) is 0 Å². The Balaban J connectivity index is 1.64. The number of amides is 2. The molecule has 0 spiro atoms. The van der Waals surface area contributed by atoms with E-state index in [9.17, 15) is 9.59 Å². The maximum Gasteiger partial charge on any atom is 0.282 e. The number of carbonyl (C=O) groups is 2. The summed E-state index contributed by atoms with van der Waals surface area (Å²) < 4.78 is 0. The zero-order valence-corrected chi connectivity index (χ0v) is 18.0. The minimum absolute atomic E-state index is 0.352. The number of benzene rings is 3. The summed E-state index contributed by atoms with van der Waals surface area (Å²) in [5, 5.41) is 0.919. The van der Waals surface area contributed by atoms with Crippen molar-refractivity contribution in [2.45, 2.75) is 13.0 Å². The molecule has 0 N–H and O–H groups in total. The maximum atomic E-state index is 13.7. The van der Waals surface area contributed by atoms with Gasteiger partial charge in [-0.2, -0.15) is 0 Å². The molecule has 0 unspecified atom stereocenters. The van der Waals surface area contributed by atoms with Gasteiger partial charge in [-0.3, -0.25) is 9.59 Å². The third kappa shape index (κ3) is 3.42. The normalized spacial score (nSPS) is 16.2. The highest BCUT2D eigenvalue weighted by Gasteiger charge is 2.43. The first-order valence-corrected chi connectivity index (χ1v) is 10.8. The minimum atomic E-state index is -0.380. The van der Waals surface area contributed by atoms with E-state index in [-0.39, 0.29) is 11.8 Å². The van der Waals surface area contributed by atoms with Crippen LogP contribution >= 0.6 is 23.2 Å². The quantitative estimate of drug-likeness (QED) is 0.507. The van der Waals surface area contributed by atoms with Gasteiger partial charge in [-0.1, -0.05) is 71.7 Å². The molecule has 2 aliphatic heterocycles. The summed E-state index contributed by atoms with van der Waals surface area (Å²) in [5.74, 6) is -0.739. The lowest BCUT2D eigenvalue weighted by molar-refractivity contribution is -0.120. The van der Waals surface area contributed by atoms with Crippen molar-refractivity contribution in [1.82, 2.24) is 4.90 Å². The molecule has 31 heavy (non-hydrogen) atoms. The number of imide groups is 1. The standard InChI is InChI=1S/C25H18Cl2N2O2/c26-19-11-9-17(10-12-19)22-23(28-14-13-16-5-1-2-6-18(16)15-28)25(31)29(24(22)30)21-8-4-3-7-20(21)27/h1-12H,13-15H2. The number of anilines is 1. The molecule has 0 saturated heterocycles. The average molecular weight is 449 g/mol. The Morgan fingerprint density at radius 3 is 2.16 bits per heavy atom. The molecule has 0 aliphatic carbocycles. The molecule has 3 aromatic carbocycles. The van der Waals surface area contributed by atoms with Gasteiger partial charge < -0.3 is 4.90 Å². The van der Waals surface area contributed by atoms with Crippen molar-refractivity contribution in [3.05, 3.63) is 105 Å². The average Bonchev–Trinajstić information content (AvgIpc) is 3.04. The highest BCUT2D eigenvalue weighted by molar-refractivity contribution is 6.47. The molecular weight excluding hydrogens is 431 g/mol. The second-order valence-electron chi connectivity index (χ2n) is 7.57. The molecule has 2 aliphatic rings. The van der Waals surface area contributed by atoms with Gasteiger partial charge in [0.2, 0.25) is 0 Å². The van der Waals surface area contributed by atoms with Crippen LogP contribution in [0.1, 0.15) is 16.7 Å². The molecule has 5 rings (SSSR count). The Kier molecular flexibility index (Phi) is 5.05. The van der Waals surface area contributed by atoms with E-state index in [1.807, 2.05) is 17.0 Å². The Bertz CT molecular complexity index is 1230. The van der Waals surface area contributed by atoms with Crippen LogP contribution in [0.3, 0.4) is 0 Å². The zero-order valence-electron chi connectivity index (χ0n) is 16.5. The Hall–Kier alpha value is -3.08. The van der Waals surface area contributed by atoms with E-state index in [0.717, 1.165) is 12.0 Å². The van der Waals surface area contributed by atoms with Crippen molar-refractivity contribution in [3.8, 4) is 0 Å². The molecule has 2 heterocycles. The van der Waals surface area contributed by atoms with Crippen LogP contribution in [0.4, 0.5) is 5.69 Å². The van der Waals surface area contributed by atoms with Crippen LogP contribution in [0.15, 0.2) is 78.5 Å². The predicted octanol–water partition coefficient (Wildman–Crippen LogP) is 5.34. The fourth-order valence-corrected chi connectivity index (χ4v) is 4.57. The molecule has 2 amide bonds. The van der Waals surface area contributed by atoms with Crippen LogP contribution < -0.4 is 4.90 Å². The summed E-state index contributed by atoms with van der Waals surface area (Å²) in [4.78, 5) is 30.4. The minimum Gasteiger partial charge on any atom is -0.362 e. The SMILES string of the molecule is O=C1C(c2ccc(Cl)cc2)=C(N2CCc3ccccc3C2)C(=O)N1c1ccccc1Cl. The van der Waals surface area contributed by atoms with E-state index in [2.05, 4.69) is 12.1 Å². The largest absolute Gasteiger partial charge is 0.362 e. The fourth-order valence-electron chi connectivity index (χ4n) is 4.23. The Labute approximate surface area is 190 Å². The van der Waals surface area contributed by atoms with Crippen LogP contribution in [0.2, 0.25) is 10.0 Å². The van der Waals surface area contributed by atoms with Gasteiger partial charge in [-0.15, -0.1) is 0 Å². The van der Waals surface area contributed by atoms with Gasteiger partial charge in [0.15, 0.2) is 0 Å². The second-order valence-corrected chi connectivity index (χ2v) is 8.41. The molecule has 154 valence electrons. The van der Waals surface area contributed by atoms with Gasteiger partial charge in [0.25, 0.3) is 11.8 Å². The molecule has 6 heteroatoms. The summed E-state index contributed by atoms with van der Waals surface area (Å²) in [5.41, 5.74) is 4.26. The molecule has 0 aromatic heterocycles. The smallest absolute Gasteiger partial charge is 0.282 e. The number of nitrogens with zero attached hydrogens (tertiary/aromatic N) is 2. The van der Waals surface area contributed by atoms with E-state index >= 15 is 0 Å². The van der Waals surface area contributed by atoms with Gasteiger partial charge in [0, 0.05) is 18.1 Å². The molecule has 4 nitrogen and oxygen atoms in total. The molecule has 0 radical (unpaired) electrons. The van der Waals surface area contributed by atoms with Crippen molar-refractivity contribution in [2.75, 3.05) is 11.4 Å².